The summed E-state index contributed by atoms with van der Waals surface area (Å²) < 4.78 is 34.8. The van der Waals surface area contributed by atoms with Gasteiger partial charge in [0.2, 0.25) is 0 Å². The normalized spacial score (nSPS) is 15.0. The van der Waals surface area contributed by atoms with Crippen LogP contribution in [0.1, 0.15) is 16.1 Å². The molecule has 2 heterocycles. The van der Waals surface area contributed by atoms with E-state index in [4.69, 9.17) is 9.15 Å². The molecule has 1 aromatic heterocycles. The van der Waals surface area contributed by atoms with Gasteiger partial charge in [-0.2, -0.15) is 0 Å². The molecule has 1 amide bonds. The third-order valence-corrected chi connectivity index (χ3v) is 4.54. The van der Waals surface area contributed by atoms with E-state index in [2.05, 4.69) is 15.2 Å². The van der Waals surface area contributed by atoms with Gasteiger partial charge in [0.15, 0.2) is 11.7 Å². The molecule has 0 aliphatic carbocycles. The molecule has 156 valence electrons. The summed E-state index contributed by atoms with van der Waals surface area (Å²) in [7, 11) is 1.70. The maximum atomic E-state index is 12.4. The van der Waals surface area contributed by atoms with E-state index >= 15 is 0 Å². The molecule has 9 heteroatoms. The average Bonchev–Trinajstić information content (AvgIpc) is 3.28. The minimum absolute atomic E-state index is 0.113. The number of benzene rings is 1. The molecule has 0 atom stereocenters. The quantitative estimate of drug-likeness (QED) is 0.590. The maximum Gasteiger partial charge on any atom is 0.289 e. The van der Waals surface area contributed by atoms with Crippen molar-refractivity contribution in [3.63, 3.8) is 0 Å². The number of nitrogens with zero attached hydrogens (tertiary/aromatic N) is 3. The predicted octanol–water partition coefficient (Wildman–Crippen LogP) is 2.46. The molecule has 1 fully saturated rings. The monoisotopic (exact) mass is 406 g/mol. The molecular formula is C20H24F2N4O3. The Morgan fingerprint density at radius 1 is 1.21 bits per heavy atom. The number of carbonyl (C=O) groups is 1. The van der Waals surface area contributed by atoms with Gasteiger partial charge in [-0.1, -0.05) is 12.1 Å². The molecule has 1 aliphatic rings. The minimum Gasteiger partial charge on any atom is -0.488 e. The van der Waals surface area contributed by atoms with E-state index in [1.165, 1.54) is 6.26 Å². The van der Waals surface area contributed by atoms with Crippen LogP contribution in [0, 0.1) is 0 Å². The van der Waals surface area contributed by atoms with Gasteiger partial charge in [0.25, 0.3) is 12.3 Å². The third-order valence-electron chi connectivity index (χ3n) is 4.54. The largest absolute Gasteiger partial charge is 0.488 e. The maximum absolute atomic E-state index is 12.4. The van der Waals surface area contributed by atoms with Crippen LogP contribution in [-0.4, -0.2) is 67.9 Å². The summed E-state index contributed by atoms with van der Waals surface area (Å²) in [4.78, 5) is 20.5. The van der Waals surface area contributed by atoms with Crippen LogP contribution in [-0.2, 0) is 6.54 Å². The summed E-state index contributed by atoms with van der Waals surface area (Å²) in [5, 5.41) is 3.27. The van der Waals surface area contributed by atoms with Crippen molar-refractivity contribution in [2.24, 2.45) is 4.99 Å². The zero-order chi connectivity index (χ0) is 20.6. The molecule has 0 radical (unpaired) electrons. The van der Waals surface area contributed by atoms with Gasteiger partial charge >= 0.3 is 0 Å². The van der Waals surface area contributed by atoms with Crippen molar-refractivity contribution in [1.82, 2.24) is 15.1 Å². The van der Waals surface area contributed by atoms with E-state index < -0.39 is 13.0 Å². The molecule has 1 aromatic carbocycles. The van der Waals surface area contributed by atoms with Crippen molar-refractivity contribution in [3.05, 3.63) is 54.0 Å². The van der Waals surface area contributed by atoms with Crippen LogP contribution in [0.15, 0.2) is 52.1 Å². The fourth-order valence-corrected chi connectivity index (χ4v) is 3.10. The molecule has 29 heavy (non-hydrogen) atoms. The zero-order valence-corrected chi connectivity index (χ0v) is 16.2. The van der Waals surface area contributed by atoms with Crippen LogP contribution >= 0.6 is 0 Å². The highest BCUT2D eigenvalue weighted by Gasteiger charge is 2.25. The highest BCUT2D eigenvalue weighted by atomic mass is 19.3. The fourth-order valence-electron chi connectivity index (χ4n) is 3.10. The number of rotatable bonds is 6. The molecule has 2 aromatic rings. The lowest BCUT2D eigenvalue weighted by atomic mass is 10.2. The fraction of sp³-hybridized carbons (Fsp3) is 0.400. The van der Waals surface area contributed by atoms with E-state index in [0.29, 0.717) is 50.2 Å². The van der Waals surface area contributed by atoms with Gasteiger partial charge in [0.1, 0.15) is 12.4 Å². The molecule has 1 saturated heterocycles. The summed E-state index contributed by atoms with van der Waals surface area (Å²) in [6.45, 7) is 2.27. The molecule has 3 rings (SSSR count). The van der Waals surface area contributed by atoms with Crippen LogP contribution in [0.5, 0.6) is 5.75 Å². The lowest BCUT2D eigenvalue weighted by molar-refractivity contribution is 0.0657. The number of halogens is 2. The summed E-state index contributed by atoms with van der Waals surface area (Å²) in [5.41, 5.74) is 0.893. The Morgan fingerprint density at radius 3 is 2.62 bits per heavy atom. The van der Waals surface area contributed by atoms with Crippen molar-refractivity contribution in [2.75, 3.05) is 39.8 Å². The SMILES string of the molecule is CN=C(NCc1cccc(OCC(F)F)c1)N1CCN(C(=O)c2ccco2)CC1. The van der Waals surface area contributed by atoms with Crippen LogP contribution in [0.3, 0.4) is 0 Å². The van der Waals surface area contributed by atoms with E-state index in [1.807, 2.05) is 6.07 Å². The number of ether oxygens (including phenoxy) is 1. The first-order chi connectivity index (χ1) is 14.1. The van der Waals surface area contributed by atoms with Gasteiger partial charge < -0.3 is 24.3 Å². The number of guanidine groups is 1. The number of nitrogens with one attached hydrogen (secondary N) is 1. The Morgan fingerprint density at radius 2 is 1.97 bits per heavy atom. The Balaban J connectivity index is 1.50. The Bertz CT molecular complexity index is 819. The predicted molar refractivity (Wildman–Crippen MR) is 104 cm³/mol. The minimum atomic E-state index is -2.51. The summed E-state index contributed by atoms with van der Waals surface area (Å²) >= 11 is 0. The van der Waals surface area contributed by atoms with Crippen molar-refractivity contribution in [2.45, 2.75) is 13.0 Å². The molecular weight excluding hydrogens is 382 g/mol. The number of piperazine rings is 1. The number of hydrogen-bond acceptors (Lipinski definition) is 4. The second kappa shape index (κ2) is 9.90. The van der Waals surface area contributed by atoms with Crippen LogP contribution in [0.4, 0.5) is 8.78 Å². The number of furan rings is 1. The van der Waals surface area contributed by atoms with Crippen LogP contribution in [0.2, 0.25) is 0 Å². The van der Waals surface area contributed by atoms with E-state index in [-0.39, 0.29) is 5.91 Å². The first kappa shape index (κ1) is 20.6. The first-order valence-electron chi connectivity index (χ1n) is 9.35. The number of hydrogen-bond donors (Lipinski definition) is 1. The molecule has 0 bridgehead atoms. The second-order valence-electron chi connectivity index (χ2n) is 6.51. The van der Waals surface area contributed by atoms with Crippen LogP contribution < -0.4 is 10.1 Å². The highest BCUT2D eigenvalue weighted by Crippen LogP contribution is 2.15. The highest BCUT2D eigenvalue weighted by molar-refractivity contribution is 5.91. The molecule has 0 spiro atoms. The second-order valence-corrected chi connectivity index (χ2v) is 6.51. The Kier molecular flexibility index (Phi) is 7.04. The van der Waals surface area contributed by atoms with Crippen molar-refractivity contribution in [3.8, 4) is 5.75 Å². The lowest BCUT2D eigenvalue weighted by Gasteiger charge is -2.36. The summed E-state index contributed by atoms with van der Waals surface area (Å²) in [6.07, 6.45) is -1.02. The smallest absolute Gasteiger partial charge is 0.289 e. The zero-order valence-electron chi connectivity index (χ0n) is 16.2. The van der Waals surface area contributed by atoms with E-state index in [1.54, 1.807) is 42.3 Å². The Labute approximate surface area is 167 Å². The molecule has 0 saturated carbocycles. The Hall–Kier alpha value is -3.10. The van der Waals surface area contributed by atoms with Crippen molar-refractivity contribution >= 4 is 11.9 Å². The number of carbonyl (C=O) groups excluding carboxylic acids is 1. The van der Waals surface area contributed by atoms with Crippen LogP contribution in [0.25, 0.3) is 0 Å². The van der Waals surface area contributed by atoms with E-state index in [0.717, 1.165) is 5.56 Å². The van der Waals surface area contributed by atoms with Gasteiger partial charge in [-0.15, -0.1) is 0 Å². The van der Waals surface area contributed by atoms with Gasteiger partial charge in [-0.25, -0.2) is 8.78 Å². The molecule has 0 unspecified atom stereocenters. The topological polar surface area (TPSA) is 70.3 Å². The average molecular weight is 406 g/mol. The molecule has 1 N–H and O–H groups in total. The van der Waals surface area contributed by atoms with Gasteiger partial charge in [0, 0.05) is 39.8 Å². The standard InChI is InChI=1S/C20H24F2N4O3/c1-23-20(24-13-15-4-2-5-16(12-15)29-14-18(21)22)26-9-7-25(8-10-26)19(27)17-6-3-11-28-17/h2-6,11-12,18H,7-10,13-14H2,1H3,(H,23,24). The van der Waals surface area contributed by atoms with Gasteiger partial charge in [0.05, 0.1) is 6.26 Å². The van der Waals surface area contributed by atoms with E-state index in [9.17, 15) is 13.6 Å². The van der Waals surface area contributed by atoms with Gasteiger partial charge in [-0.3, -0.25) is 9.79 Å². The summed E-state index contributed by atoms with van der Waals surface area (Å²) in [5.74, 6) is 1.35. The lowest BCUT2D eigenvalue weighted by Crippen LogP contribution is -2.53. The van der Waals surface area contributed by atoms with Crippen molar-refractivity contribution < 1.29 is 22.7 Å². The number of alkyl halides is 2. The first-order valence-corrected chi connectivity index (χ1v) is 9.35. The molecule has 7 nitrogen and oxygen atoms in total. The van der Waals surface area contributed by atoms with Gasteiger partial charge in [-0.05, 0) is 29.8 Å². The molecule has 1 aliphatic heterocycles. The number of amides is 1. The third kappa shape index (κ3) is 5.69. The van der Waals surface area contributed by atoms with Crippen molar-refractivity contribution in [1.29, 1.82) is 0 Å². The number of aliphatic imine (C=N–C) groups is 1. The summed E-state index contributed by atoms with van der Waals surface area (Å²) in [6, 6.07) is 10.4.